The van der Waals surface area contributed by atoms with Gasteiger partial charge in [0.05, 0.1) is 0 Å². The molecule has 0 saturated heterocycles. The van der Waals surface area contributed by atoms with Crippen molar-refractivity contribution in [3.63, 3.8) is 0 Å². The Bertz CT molecular complexity index is 913. The molecule has 2 amide bonds. The molecule has 0 bridgehead atoms. The predicted molar refractivity (Wildman–Crippen MR) is 253 cm³/mol. The number of unbranched alkanes of at least 4 members (excludes halogenated alkanes) is 24. The van der Waals surface area contributed by atoms with Gasteiger partial charge in [0.25, 0.3) is 0 Å². The Labute approximate surface area is 357 Å². The zero-order valence-electron chi connectivity index (χ0n) is 39.5. The first-order valence-corrected chi connectivity index (χ1v) is 25.6. The van der Waals surface area contributed by atoms with Crippen LogP contribution in [0.5, 0.6) is 0 Å². The number of rotatable bonds is 44. The molecule has 2 unspecified atom stereocenters. The Hall–Kier alpha value is -1.62. The molecule has 0 aliphatic heterocycles. The topological polar surface area (TPSA) is 52.7 Å². The summed E-state index contributed by atoms with van der Waals surface area (Å²) in [6.45, 7) is 17.8. The van der Waals surface area contributed by atoms with Crippen molar-refractivity contribution in [3.05, 3.63) is 24.3 Å². The summed E-state index contributed by atoms with van der Waals surface area (Å²) in [7, 11) is 0. The fraction of sp³-hybridized carbons (Fsp3) is 0.885. The van der Waals surface area contributed by atoms with Crippen LogP contribution in [0.15, 0.2) is 24.3 Å². The van der Waals surface area contributed by atoms with Crippen LogP contribution in [0.25, 0.3) is 0 Å². The molecule has 5 heteroatoms. The lowest BCUT2D eigenvalue weighted by Crippen LogP contribution is -2.54. The number of nitrogens with zero attached hydrogens (tertiary/aromatic N) is 2. The minimum Gasteiger partial charge on any atom is -0.354 e. The summed E-state index contributed by atoms with van der Waals surface area (Å²) in [6.07, 6.45) is 49.5. The molecule has 336 valence electrons. The van der Waals surface area contributed by atoms with Gasteiger partial charge in [-0.05, 0) is 83.3 Å². The van der Waals surface area contributed by atoms with Gasteiger partial charge in [-0.2, -0.15) is 0 Å². The molecule has 0 spiro atoms. The van der Waals surface area contributed by atoms with E-state index in [2.05, 4.69) is 76.1 Å². The molecule has 0 aliphatic carbocycles. The van der Waals surface area contributed by atoms with Crippen LogP contribution in [0.3, 0.4) is 0 Å². The third kappa shape index (κ3) is 33.9. The summed E-state index contributed by atoms with van der Waals surface area (Å²) in [5.74, 6) is 0.491. The minimum atomic E-state index is -0.357. The van der Waals surface area contributed by atoms with Crippen LogP contribution >= 0.6 is 0 Å². The number of amides is 2. The van der Waals surface area contributed by atoms with Crippen LogP contribution in [0.4, 0.5) is 0 Å². The van der Waals surface area contributed by atoms with Crippen LogP contribution in [0.1, 0.15) is 253 Å². The molecular formula is C52H101N3O2. The number of allylic oxidation sites excluding steroid dienone is 4. The molecule has 0 saturated carbocycles. The average Bonchev–Trinajstić information content (AvgIpc) is 3.22. The van der Waals surface area contributed by atoms with Crippen LogP contribution in [0.2, 0.25) is 0 Å². The molecule has 0 aliphatic rings. The van der Waals surface area contributed by atoms with Crippen molar-refractivity contribution in [1.29, 1.82) is 0 Å². The molecule has 0 aromatic carbocycles. The quantitative estimate of drug-likeness (QED) is 0.0493. The second-order valence-electron chi connectivity index (χ2n) is 17.3. The highest BCUT2D eigenvalue weighted by Crippen LogP contribution is 2.24. The van der Waals surface area contributed by atoms with Crippen molar-refractivity contribution < 1.29 is 9.59 Å². The maximum absolute atomic E-state index is 14.1. The predicted octanol–water partition coefficient (Wildman–Crippen LogP) is 15.3. The van der Waals surface area contributed by atoms with Gasteiger partial charge in [0.15, 0.2) is 0 Å². The normalized spacial score (nSPS) is 13.0. The van der Waals surface area contributed by atoms with Crippen LogP contribution in [-0.4, -0.2) is 60.4 Å². The van der Waals surface area contributed by atoms with Crippen molar-refractivity contribution in [2.24, 2.45) is 5.92 Å². The maximum Gasteiger partial charge on any atom is 0.243 e. The zero-order chi connectivity index (χ0) is 41.9. The molecule has 0 aromatic rings. The van der Waals surface area contributed by atoms with E-state index in [1.807, 2.05) is 4.90 Å². The van der Waals surface area contributed by atoms with Crippen LogP contribution < -0.4 is 5.32 Å². The molecule has 0 heterocycles. The maximum atomic E-state index is 14.1. The second-order valence-corrected chi connectivity index (χ2v) is 17.3. The number of nitrogens with one attached hydrogen (secondary N) is 1. The zero-order valence-corrected chi connectivity index (χ0v) is 39.5. The fourth-order valence-electron chi connectivity index (χ4n) is 8.31. The Morgan fingerprint density at radius 1 is 0.491 bits per heavy atom. The first kappa shape index (κ1) is 55.4. The van der Waals surface area contributed by atoms with Crippen molar-refractivity contribution in [2.45, 2.75) is 259 Å². The summed E-state index contributed by atoms with van der Waals surface area (Å²) in [6, 6.07) is -0.357. The molecule has 5 nitrogen and oxygen atoms in total. The van der Waals surface area contributed by atoms with E-state index in [1.54, 1.807) is 0 Å². The highest BCUT2D eigenvalue weighted by atomic mass is 16.2. The molecule has 0 rings (SSSR count). The summed E-state index contributed by atoms with van der Waals surface area (Å²) < 4.78 is 0. The van der Waals surface area contributed by atoms with Crippen molar-refractivity contribution >= 4 is 11.8 Å². The number of carbonyl (C=O) groups excluding carboxylic acids is 2. The first-order valence-electron chi connectivity index (χ1n) is 25.6. The summed E-state index contributed by atoms with van der Waals surface area (Å²) in [4.78, 5) is 32.7. The third-order valence-corrected chi connectivity index (χ3v) is 12.3. The number of carbonyl (C=O) groups is 2. The largest absolute Gasteiger partial charge is 0.354 e. The van der Waals surface area contributed by atoms with E-state index >= 15 is 0 Å². The summed E-state index contributed by atoms with van der Waals surface area (Å²) >= 11 is 0. The van der Waals surface area contributed by atoms with E-state index in [1.165, 1.54) is 141 Å². The Morgan fingerprint density at radius 3 is 1.46 bits per heavy atom. The van der Waals surface area contributed by atoms with E-state index in [0.717, 1.165) is 90.4 Å². The first-order chi connectivity index (χ1) is 28.0. The molecular weight excluding hydrogens is 699 g/mol. The van der Waals surface area contributed by atoms with E-state index in [9.17, 15) is 9.59 Å². The SMILES string of the molecule is CCCCC/C=C\C/C=C\CCCCCCCC(=O)N(CCCN(CC)CC)C(C(=O)NCCCCCCCCCCCCCCCCCC)C(CC)CCCC. The smallest absolute Gasteiger partial charge is 0.243 e. The highest BCUT2D eigenvalue weighted by molar-refractivity contribution is 5.88. The van der Waals surface area contributed by atoms with E-state index in [0.29, 0.717) is 13.0 Å². The Kier molecular flexibility index (Phi) is 42.7. The molecule has 2 atom stereocenters. The van der Waals surface area contributed by atoms with Gasteiger partial charge in [0.1, 0.15) is 6.04 Å². The minimum absolute atomic E-state index is 0.0927. The van der Waals surface area contributed by atoms with E-state index in [4.69, 9.17) is 0 Å². The lowest BCUT2D eigenvalue weighted by molar-refractivity contribution is -0.143. The highest BCUT2D eigenvalue weighted by Gasteiger charge is 2.35. The molecule has 1 N–H and O–H groups in total. The molecule has 0 fully saturated rings. The lowest BCUT2D eigenvalue weighted by Gasteiger charge is -2.37. The second kappa shape index (κ2) is 43.9. The summed E-state index contributed by atoms with van der Waals surface area (Å²) in [5, 5.41) is 3.35. The van der Waals surface area contributed by atoms with Crippen LogP contribution in [0, 0.1) is 5.92 Å². The lowest BCUT2D eigenvalue weighted by atomic mass is 9.89. The van der Waals surface area contributed by atoms with E-state index in [-0.39, 0.29) is 23.8 Å². The molecule has 57 heavy (non-hydrogen) atoms. The monoisotopic (exact) mass is 800 g/mol. The Morgan fingerprint density at radius 2 is 0.947 bits per heavy atom. The van der Waals surface area contributed by atoms with Gasteiger partial charge in [0.2, 0.25) is 11.8 Å². The summed E-state index contributed by atoms with van der Waals surface area (Å²) in [5.41, 5.74) is 0. The number of hydrogen-bond donors (Lipinski definition) is 1. The van der Waals surface area contributed by atoms with Crippen molar-refractivity contribution in [1.82, 2.24) is 15.1 Å². The van der Waals surface area contributed by atoms with E-state index < -0.39 is 0 Å². The van der Waals surface area contributed by atoms with Gasteiger partial charge in [-0.3, -0.25) is 9.59 Å². The van der Waals surface area contributed by atoms with Gasteiger partial charge < -0.3 is 15.1 Å². The van der Waals surface area contributed by atoms with Gasteiger partial charge in [-0.15, -0.1) is 0 Å². The standard InChI is InChI=1S/C52H101N3O2/c1-7-13-16-18-20-22-24-26-28-30-32-34-36-38-40-42-46-53-52(57)51(49(10-4)44-15-9-3)55(48-43-47-54(11-5)12-6)50(56)45-41-39-37-35-33-31-29-27-25-23-21-19-17-14-8-2/h21,23,27,29,49,51H,7-20,22,24-26,28,30-48H2,1-6H3,(H,53,57)/b23-21-,29-27-. The Balaban J connectivity index is 4.89. The fourth-order valence-corrected chi connectivity index (χ4v) is 8.31. The van der Waals surface area contributed by atoms with Crippen LogP contribution in [-0.2, 0) is 9.59 Å². The van der Waals surface area contributed by atoms with Gasteiger partial charge in [-0.1, -0.05) is 214 Å². The van der Waals surface area contributed by atoms with Gasteiger partial charge in [0, 0.05) is 19.5 Å². The number of hydrogen-bond acceptors (Lipinski definition) is 3. The van der Waals surface area contributed by atoms with Crippen molar-refractivity contribution in [2.75, 3.05) is 32.7 Å². The third-order valence-electron chi connectivity index (χ3n) is 12.3. The van der Waals surface area contributed by atoms with Gasteiger partial charge >= 0.3 is 0 Å². The molecule has 0 radical (unpaired) electrons. The van der Waals surface area contributed by atoms with Crippen molar-refractivity contribution in [3.8, 4) is 0 Å². The van der Waals surface area contributed by atoms with Gasteiger partial charge in [-0.25, -0.2) is 0 Å². The average molecular weight is 800 g/mol. The molecule has 0 aromatic heterocycles.